The highest BCUT2D eigenvalue weighted by molar-refractivity contribution is 7.17. The molecule has 0 saturated carbocycles. The van der Waals surface area contributed by atoms with Crippen LogP contribution in [-0.4, -0.2) is 48.2 Å². The van der Waals surface area contributed by atoms with Gasteiger partial charge < -0.3 is 20.9 Å². The molecule has 0 aromatic heterocycles. The lowest BCUT2D eigenvalue weighted by molar-refractivity contribution is -0.166. The van der Waals surface area contributed by atoms with E-state index < -0.39 is 46.0 Å². The molecule has 0 bridgehead atoms. The normalized spacial score (nSPS) is 24.3. The van der Waals surface area contributed by atoms with Crippen LogP contribution in [0.4, 0.5) is 0 Å². The van der Waals surface area contributed by atoms with Crippen LogP contribution in [0.25, 0.3) is 0 Å². The van der Waals surface area contributed by atoms with Crippen molar-refractivity contribution in [3.8, 4) is 0 Å². The van der Waals surface area contributed by atoms with E-state index in [1.54, 1.807) is 6.92 Å². The molecule has 0 aromatic carbocycles. The van der Waals surface area contributed by atoms with E-state index >= 15 is 0 Å². The number of rotatable bonds is 8. The molecule has 154 valence electrons. The SMILES string of the molecule is BC(C)(CC)C(CC(C)(C)C(C)(N)C(O)P)C(=O)OC(=O)C1CCC(=O)N1. The lowest BCUT2D eigenvalue weighted by atomic mass is 9.55. The third-order valence-corrected chi connectivity index (χ3v) is 7.10. The Bertz CT molecular complexity index is 592. The van der Waals surface area contributed by atoms with Gasteiger partial charge >= 0.3 is 11.9 Å². The number of aliphatic hydroxyl groups is 1. The van der Waals surface area contributed by atoms with Gasteiger partial charge in [-0.3, -0.25) is 9.59 Å². The fourth-order valence-electron chi connectivity index (χ4n) is 3.09. The molecular weight excluding hydrogens is 366 g/mol. The molecule has 27 heavy (non-hydrogen) atoms. The zero-order valence-electron chi connectivity index (χ0n) is 17.3. The smallest absolute Gasteiger partial charge is 0.336 e. The Morgan fingerprint density at radius 3 is 2.37 bits per heavy atom. The van der Waals surface area contributed by atoms with Crippen LogP contribution in [0, 0.1) is 11.3 Å². The quantitative estimate of drug-likeness (QED) is 0.236. The van der Waals surface area contributed by atoms with E-state index in [2.05, 4.69) is 14.6 Å². The number of ether oxygens (including phenoxy) is 1. The van der Waals surface area contributed by atoms with Crippen molar-refractivity contribution in [2.75, 3.05) is 0 Å². The Kier molecular flexibility index (Phi) is 7.65. The zero-order chi connectivity index (χ0) is 21.2. The van der Waals surface area contributed by atoms with Crippen molar-refractivity contribution in [2.45, 2.75) is 83.0 Å². The Morgan fingerprint density at radius 2 is 1.96 bits per heavy atom. The van der Waals surface area contributed by atoms with Crippen LogP contribution in [0.15, 0.2) is 0 Å². The van der Waals surface area contributed by atoms with Crippen LogP contribution in [0.2, 0.25) is 5.31 Å². The van der Waals surface area contributed by atoms with Gasteiger partial charge in [-0.05, 0) is 30.5 Å². The summed E-state index contributed by atoms with van der Waals surface area (Å²) in [7, 11) is 4.25. The summed E-state index contributed by atoms with van der Waals surface area (Å²) in [6.45, 7) is 9.45. The largest absolute Gasteiger partial charge is 0.391 e. The number of hydrogen-bond donors (Lipinski definition) is 3. The van der Waals surface area contributed by atoms with Crippen molar-refractivity contribution < 1.29 is 24.2 Å². The Morgan fingerprint density at radius 1 is 1.41 bits per heavy atom. The van der Waals surface area contributed by atoms with Crippen molar-refractivity contribution in [1.29, 1.82) is 0 Å². The molecule has 0 aromatic rings. The third-order valence-electron chi connectivity index (χ3n) is 6.41. The van der Waals surface area contributed by atoms with Gasteiger partial charge in [0.05, 0.1) is 11.8 Å². The summed E-state index contributed by atoms with van der Waals surface area (Å²) < 4.78 is 5.15. The predicted molar refractivity (Wildman–Crippen MR) is 110 cm³/mol. The summed E-state index contributed by atoms with van der Waals surface area (Å²) in [5.41, 5.74) is 4.76. The fourth-order valence-corrected chi connectivity index (χ4v) is 3.54. The minimum atomic E-state index is -0.969. The average molecular weight is 400 g/mol. The molecule has 1 aliphatic rings. The molecule has 7 nitrogen and oxygen atoms in total. The second-order valence-electron chi connectivity index (χ2n) is 9.11. The van der Waals surface area contributed by atoms with E-state index in [1.165, 1.54) is 0 Å². The van der Waals surface area contributed by atoms with Crippen LogP contribution in [0.1, 0.15) is 60.3 Å². The summed E-state index contributed by atoms with van der Waals surface area (Å²) in [5, 5.41) is 12.2. The third kappa shape index (κ3) is 5.52. The number of esters is 2. The molecule has 1 rings (SSSR count). The molecule has 1 amide bonds. The van der Waals surface area contributed by atoms with E-state index in [9.17, 15) is 19.5 Å². The molecule has 1 aliphatic heterocycles. The Hall–Kier alpha value is -0.975. The van der Waals surface area contributed by atoms with E-state index in [0.717, 1.165) is 0 Å². The molecule has 0 spiro atoms. The number of nitrogens with two attached hydrogens (primary N) is 1. The molecule has 0 radical (unpaired) electrons. The van der Waals surface area contributed by atoms with Gasteiger partial charge in [0.1, 0.15) is 13.9 Å². The average Bonchev–Trinajstić information content (AvgIpc) is 2.98. The number of hydrogen-bond acceptors (Lipinski definition) is 6. The highest BCUT2D eigenvalue weighted by Crippen LogP contribution is 2.47. The molecule has 1 heterocycles. The first-order valence-electron chi connectivity index (χ1n) is 9.43. The number of aliphatic hydroxyl groups excluding tert-OH is 1. The van der Waals surface area contributed by atoms with Gasteiger partial charge in [0.2, 0.25) is 5.91 Å². The minimum absolute atomic E-state index is 0.218. The van der Waals surface area contributed by atoms with E-state index in [4.69, 9.17) is 10.5 Å². The molecule has 6 unspecified atom stereocenters. The number of amides is 1. The number of carbonyl (C=O) groups is 3. The monoisotopic (exact) mass is 400 g/mol. The summed E-state index contributed by atoms with van der Waals surface area (Å²) in [6, 6.07) is -0.770. The van der Waals surface area contributed by atoms with Gasteiger partial charge in [0.15, 0.2) is 0 Å². The van der Waals surface area contributed by atoms with E-state index in [0.29, 0.717) is 19.3 Å². The van der Waals surface area contributed by atoms with Crippen LogP contribution < -0.4 is 11.1 Å². The number of nitrogens with one attached hydrogen (secondary N) is 1. The van der Waals surface area contributed by atoms with Gasteiger partial charge in [0, 0.05) is 12.0 Å². The molecule has 6 atom stereocenters. The maximum atomic E-state index is 12.9. The Labute approximate surface area is 165 Å². The first-order valence-corrected chi connectivity index (χ1v) is 10.1. The lowest BCUT2D eigenvalue weighted by Crippen LogP contribution is -2.58. The Balaban J connectivity index is 3.02. The first kappa shape index (κ1) is 24.1. The lowest BCUT2D eigenvalue weighted by Gasteiger charge is -2.47. The van der Waals surface area contributed by atoms with Crippen molar-refractivity contribution in [1.82, 2.24) is 5.32 Å². The van der Waals surface area contributed by atoms with Gasteiger partial charge in [-0.15, -0.1) is 9.24 Å². The highest BCUT2D eigenvalue weighted by atomic mass is 31.0. The molecule has 0 aliphatic carbocycles. The maximum absolute atomic E-state index is 12.9. The van der Waals surface area contributed by atoms with Gasteiger partial charge in [-0.1, -0.05) is 34.1 Å². The maximum Gasteiger partial charge on any atom is 0.336 e. The van der Waals surface area contributed by atoms with Gasteiger partial charge in [-0.2, -0.15) is 0 Å². The van der Waals surface area contributed by atoms with Crippen molar-refractivity contribution >= 4 is 34.9 Å². The molecule has 1 fully saturated rings. The summed E-state index contributed by atoms with van der Waals surface area (Å²) in [6.07, 6.45) is 1.62. The van der Waals surface area contributed by atoms with Crippen LogP contribution >= 0.6 is 9.24 Å². The van der Waals surface area contributed by atoms with Crippen molar-refractivity contribution in [2.24, 2.45) is 17.1 Å². The van der Waals surface area contributed by atoms with Crippen LogP contribution in [0.3, 0.4) is 0 Å². The summed E-state index contributed by atoms with van der Waals surface area (Å²) in [4.78, 5) is 36.5. The molecule has 9 heteroatoms. The predicted octanol–water partition coefficient (Wildman–Crippen LogP) is 0.500. The highest BCUT2D eigenvalue weighted by Gasteiger charge is 2.48. The number of carbonyl (C=O) groups excluding carboxylic acids is 3. The second kappa shape index (κ2) is 8.58. The fraction of sp³-hybridized carbons (Fsp3) is 0.833. The van der Waals surface area contributed by atoms with E-state index in [-0.39, 0.29) is 12.3 Å². The van der Waals surface area contributed by atoms with Crippen molar-refractivity contribution in [3.63, 3.8) is 0 Å². The zero-order valence-corrected chi connectivity index (χ0v) is 18.5. The van der Waals surface area contributed by atoms with Crippen LogP contribution in [0.5, 0.6) is 0 Å². The molecule has 4 N–H and O–H groups in total. The van der Waals surface area contributed by atoms with E-state index in [1.807, 2.05) is 35.5 Å². The molecule has 1 saturated heterocycles. The molecular formula is C18H34BN2O5P. The van der Waals surface area contributed by atoms with Crippen LogP contribution in [-0.2, 0) is 19.1 Å². The van der Waals surface area contributed by atoms with Crippen molar-refractivity contribution in [3.05, 3.63) is 0 Å². The minimum Gasteiger partial charge on any atom is -0.391 e. The topological polar surface area (TPSA) is 119 Å². The second-order valence-corrected chi connectivity index (χ2v) is 9.74. The summed E-state index contributed by atoms with van der Waals surface area (Å²) in [5.74, 6) is -3.00. The first-order chi connectivity index (χ1) is 12.2. The van der Waals surface area contributed by atoms with Gasteiger partial charge in [0.25, 0.3) is 0 Å². The van der Waals surface area contributed by atoms with Gasteiger partial charge in [-0.25, -0.2) is 4.79 Å². The summed E-state index contributed by atoms with van der Waals surface area (Å²) >= 11 is 0. The standard InChI is InChI=1S/C18H34BN2O5P/c1-6-17(4,19)10(9-16(2,3)18(5,20)15(25)27)13(23)26-14(24)11-7-8-12(22)21-11/h10-11,15,25H,6-9,19-20,27H2,1-5H3,(H,21,22).